The molecule has 0 radical (unpaired) electrons. The number of benzene rings is 1. The highest BCUT2D eigenvalue weighted by molar-refractivity contribution is 5.80. The summed E-state index contributed by atoms with van der Waals surface area (Å²) in [4.78, 5) is 6.91. The molecule has 0 aromatic heterocycles. The molecule has 1 atom stereocenters. The third kappa shape index (κ3) is 5.68. The predicted octanol–water partition coefficient (Wildman–Crippen LogP) is 2.82. The molecule has 0 saturated carbocycles. The van der Waals surface area contributed by atoms with Crippen LogP contribution in [0.1, 0.15) is 32.3 Å². The summed E-state index contributed by atoms with van der Waals surface area (Å²) in [7, 11) is 1.85. The molecular weight excluding hydrogens is 296 g/mol. The lowest BCUT2D eigenvalue weighted by Crippen LogP contribution is -2.49. The lowest BCUT2D eigenvalue weighted by molar-refractivity contribution is 0.215. The van der Waals surface area contributed by atoms with Gasteiger partial charge in [0.2, 0.25) is 0 Å². The van der Waals surface area contributed by atoms with Gasteiger partial charge in [0.05, 0.1) is 0 Å². The van der Waals surface area contributed by atoms with Crippen LogP contribution in [-0.4, -0.2) is 49.6 Å². The minimum absolute atomic E-state index is 0.461. The molecule has 1 aromatic rings. The van der Waals surface area contributed by atoms with Crippen molar-refractivity contribution in [2.24, 2.45) is 4.99 Å². The Bertz CT molecular complexity index is 512. The van der Waals surface area contributed by atoms with Gasteiger partial charge in [0, 0.05) is 25.7 Å². The Labute approximate surface area is 147 Å². The third-order valence-electron chi connectivity index (χ3n) is 4.72. The van der Waals surface area contributed by atoms with E-state index in [0.29, 0.717) is 12.1 Å². The van der Waals surface area contributed by atoms with Gasteiger partial charge >= 0.3 is 0 Å². The molecule has 0 amide bonds. The Balaban J connectivity index is 1.93. The van der Waals surface area contributed by atoms with E-state index in [-0.39, 0.29) is 0 Å². The van der Waals surface area contributed by atoms with Crippen LogP contribution in [0.25, 0.3) is 0 Å². The number of nitrogens with one attached hydrogen (secondary N) is 2. The van der Waals surface area contributed by atoms with Crippen molar-refractivity contribution in [1.82, 2.24) is 15.5 Å². The Morgan fingerprint density at radius 2 is 1.83 bits per heavy atom. The minimum Gasteiger partial charge on any atom is -0.355 e. The van der Waals surface area contributed by atoms with Gasteiger partial charge in [-0.15, -0.1) is 0 Å². The van der Waals surface area contributed by atoms with Gasteiger partial charge in [0.15, 0.2) is 5.96 Å². The van der Waals surface area contributed by atoms with E-state index in [1.807, 2.05) is 7.05 Å². The summed E-state index contributed by atoms with van der Waals surface area (Å²) in [6.07, 6.45) is 7.70. The van der Waals surface area contributed by atoms with Gasteiger partial charge in [-0.2, -0.15) is 0 Å². The lowest BCUT2D eigenvalue weighted by atomic mass is 10.0. The number of aliphatic imine (C=N–C) groups is 1. The van der Waals surface area contributed by atoms with Crippen LogP contribution in [0.5, 0.6) is 0 Å². The van der Waals surface area contributed by atoms with Crippen molar-refractivity contribution in [2.45, 2.75) is 45.2 Å². The summed E-state index contributed by atoms with van der Waals surface area (Å²) in [6, 6.07) is 11.7. The standard InChI is InChI=1S/C20H32N4/c1-4-24(5-2)19(15-17-11-7-6-8-12-17)16-22-20(21-3)23-18-13-9-10-14-18/h6-12,18-19H,4-5,13-16H2,1-3H3,(H2,21,22,23). The zero-order valence-electron chi connectivity index (χ0n) is 15.3. The molecule has 4 heteroatoms. The zero-order valence-corrected chi connectivity index (χ0v) is 15.3. The predicted molar refractivity (Wildman–Crippen MR) is 104 cm³/mol. The molecule has 0 aliphatic heterocycles. The normalized spacial score (nSPS) is 16.6. The fraction of sp³-hybridized carbons (Fsp3) is 0.550. The molecule has 1 unspecified atom stereocenters. The first-order valence-corrected chi connectivity index (χ1v) is 9.16. The topological polar surface area (TPSA) is 39.7 Å². The van der Waals surface area contributed by atoms with Crippen molar-refractivity contribution < 1.29 is 0 Å². The molecule has 2 N–H and O–H groups in total. The van der Waals surface area contributed by atoms with E-state index >= 15 is 0 Å². The second kappa shape index (κ2) is 10.1. The Morgan fingerprint density at radius 3 is 2.42 bits per heavy atom. The first kappa shape index (κ1) is 18.5. The van der Waals surface area contributed by atoms with Crippen molar-refractivity contribution in [1.29, 1.82) is 0 Å². The van der Waals surface area contributed by atoms with Crippen LogP contribution < -0.4 is 10.6 Å². The van der Waals surface area contributed by atoms with Crippen LogP contribution in [0.15, 0.2) is 47.5 Å². The summed E-state index contributed by atoms with van der Waals surface area (Å²) in [5.41, 5.74) is 1.39. The van der Waals surface area contributed by atoms with Gasteiger partial charge in [-0.3, -0.25) is 9.89 Å². The van der Waals surface area contributed by atoms with Gasteiger partial charge in [-0.05, 0) is 37.9 Å². The molecule has 1 aliphatic rings. The van der Waals surface area contributed by atoms with Crippen LogP contribution in [0.4, 0.5) is 0 Å². The van der Waals surface area contributed by atoms with Crippen molar-refractivity contribution >= 4 is 5.96 Å². The van der Waals surface area contributed by atoms with E-state index in [0.717, 1.165) is 44.9 Å². The maximum Gasteiger partial charge on any atom is 0.191 e. The van der Waals surface area contributed by atoms with Crippen LogP contribution in [0, 0.1) is 0 Å². The van der Waals surface area contributed by atoms with E-state index in [9.17, 15) is 0 Å². The average Bonchev–Trinajstić information content (AvgIpc) is 3.13. The fourth-order valence-electron chi connectivity index (χ4n) is 3.29. The van der Waals surface area contributed by atoms with E-state index in [1.165, 1.54) is 5.56 Å². The quantitative estimate of drug-likeness (QED) is 0.438. The number of guanidine groups is 1. The summed E-state index contributed by atoms with van der Waals surface area (Å²) >= 11 is 0. The highest BCUT2D eigenvalue weighted by Crippen LogP contribution is 2.10. The highest BCUT2D eigenvalue weighted by Gasteiger charge is 2.18. The number of hydrogen-bond acceptors (Lipinski definition) is 2. The summed E-state index contributed by atoms with van der Waals surface area (Å²) < 4.78 is 0. The smallest absolute Gasteiger partial charge is 0.191 e. The lowest BCUT2D eigenvalue weighted by Gasteiger charge is -2.31. The average molecular weight is 329 g/mol. The molecule has 132 valence electrons. The maximum absolute atomic E-state index is 4.39. The Morgan fingerprint density at radius 1 is 1.17 bits per heavy atom. The van der Waals surface area contributed by atoms with Crippen molar-refractivity contribution in [3.05, 3.63) is 48.0 Å². The van der Waals surface area contributed by atoms with Crippen molar-refractivity contribution in [3.63, 3.8) is 0 Å². The molecule has 1 aromatic carbocycles. The maximum atomic E-state index is 4.39. The molecule has 0 heterocycles. The van der Waals surface area contributed by atoms with Gasteiger partial charge < -0.3 is 10.6 Å². The summed E-state index contributed by atoms with van der Waals surface area (Å²) in [5, 5.41) is 7.05. The van der Waals surface area contributed by atoms with E-state index < -0.39 is 0 Å². The summed E-state index contributed by atoms with van der Waals surface area (Å²) in [6.45, 7) is 7.50. The molecule has 24 heavy (non-hydrogen) atoms. The molecule has 0 fully saturated rings. The Hall–Kier alpha value is -1.81. The second-order valence-electron chi connectivity index (χ2n) is 6.30. The number of rotatable bonds is 8. The Kier molecular flexibility index (Phi) is 7.83. The van der Waals surface area contributed by atoms with Gasteiger partial charge in [0.1, 0.15) is 0 Å². The summed E-state index contributed by atoms with van der Waals surface area (Å²) in [5.74, 6) is 0.911. The monoisotopic (exact) mass is 328 g/mol. The number of likely N-dealkylation sites (N-methyl/N-ethyl adjacent to an activating group) is 1. The van der Waals surface area contributed by atoms with E-state index in [4.69, 9.17) is 0 Å². The first-order chi connectivity index (χ1) is 11.8. The van der Waals surface area contributed by atoms with Crippen LogP contribution in [0.2, 0.25) is 0 Å². The third-order valence-corrected chi connectivity index (χ3v) is 4.72. The van der Waals surface area contributed by atoms with Gasteiger partial charge in [0.25, 0.3) is 0 Å². The first-order valence-electron chi connectivity index (χ1n) is 9.16. The van der Waals surface area contributed by atoms with E-state index in [1.54, 1.807) is 0 Å². The zero-order chi connectivity index (χ0) is 17.2. The molecule has 2 rings (SSSR count). The van der Waals surface area contributed by atoms with Crippen LogP contribution >= 0.6 is 0 Å². The fourth-order valence-corrected chi connectivity index (χ4v) is 3.29. The minimum atomic E-state index is 0.461. The van der Waals surface area contributed by atoms with E-state index in [2.05, 4.69) is 76.9 Å². The van der Waals surface area contributed by atoms with Crippen LogP contribution in [-0.2, 0) is 6.42 Å². The molecule has 0 spiro atoms. The number of nitrogens with zero attached hydrogens (tertiary/aromatic N) is 2. The van der Waals surface area contributed by atoms with Crippen molar-refractivity contribution in [3.8, 4) is 0 Å². The number of hydrogen-bond donors (Lipinski definition) is 2. The molecule has 4 nitrogen and oxygen atoms in total. The molecular formula is C20H32N4. The molecule has 1 aliphatic carbocycles. The second-order valence-corrected chi connectivity index (χ2v) is 6.30. The highest BCUT2D eigenvalue weighted by atomic mass is 15.2. The van der Waals surface area contributed by atoms with Gasteiger partial charge in [-0.25, -0.2) is 0 Å². The van der Waals surface area contributed by atoms with Crippen molar-refractivity contribution in [2.75, 3.05) is 26.7 Å². The SMILES string of the molecule is CCN(CC)C(CNC(=NC)NC1CC=CC1)Cc1ccccc1. The van der Waals surface area contributed by atoms with Gasteiger partial charge in [-0.1, -0.05) is 56.3 Å². The largest absolute Gasteiger partial charge is 0.355 e. The van der Waals surface area contributed by atoms with Crippen LogP contribution in [0.3, 0.4) is 0 Å². The molecule has 0 saturated heterocycles. The molecule has 0 bridgehead atoms.